The van der Waals surface area contributed by atoms with E-state index in [4.69, 9.17) is 10.5 Å². The van der Waals surface area contributed by atoms with E-state index in [9.17, 15) is 10.1 Å². The van der Waals surface area contributed by atoms with Crippen LogP contribution in [-0.2, 0) is 13.6 Å². The van der Waals surface area contributed by atoms with Gasteiger partial charge in [-0.2, -0.15) is 5.10 Å². The maximum absolute atomic E-state index is 11.2. The lowest BCUT2D eigenvalue weighted by atomic mass is 10.1. The minimum absolute atomic E-state index is 0.0608. The average molecular weight is 290 g/mol. The Morgan fingerprint density at radius 2 is 2.05 bits per heavy atom. The monoisotopic (exact) mass is 290 g/mol. The molecule has 0 fully saturated rings. The first-order chi connectivity index (χ1) is 9.85. The van der Waals surface area contributed by atoms with Gasteiger partial charge >= 0.3 is 5.69 Å². The molecular formula is C14H18N4O3. The molecule has 1 aromatic carbocycles. The van der Waals surface area contributed by atoms with Crippen molar-refractivity contribution in [2.45, 2.75) is 27.3 Å². The molecule has 2 rings (SSSR count). The Labute approximate surface area is 122 Å². The van der Waals surface area contributed by atoms with Crippen LogP contribution >= 0.6 is 0 Å². The van der Waals surface area contributed by atoms with E-state index < -0.39 is 4.92 Å². The van der Waals surface area contributed by atoms with Crippen LogP contribution in [0, 0.1) is 30.9 Å². The molecule has 0 spiro atoms. The number of rotatable bonds is 4. The molecule has 0 atom stereocenters. The van der Waals surface area contributed by atoms with Gasteiger partial charge in [0.05, 0.1) is 16.2 Å². The van der Waals surface area contributed by atoms with Crippen LogP contribution in [0.5, 0.6) is 11.6 Å². The molecule has 0 aliphatic rings. The molecule has 0 aliphatic carbocycles. The van der Waals surface area contributed by atoms with Gasteiger partial charge in [-0.15, -0.1) is 0 Å². The van der Waals surface area contributed by atoms with Gasteiger partial charge in [-0.05, 0) is 31.9 Å². The van der Waals surface area contributed by atoms with Crippen molar-refractivity contribution in [1.29, 1.82) is 0 Å². The average Bonchev–Trinajstić information content (AvgIpc) is 2.66. The van der Waals surface area contributed by atoms with Crippen molar-refractivity contribution in [3.8, 4) is 11.6 Å². The van der Waals surface area contributed by atoms with E-state index in [1.165, 1.54) is 6.07 Å². The van der Waals surface area contributed by atoms with Crippen molar-refractivity contribution in [2.75, 3.05) is 0 Å². The van der Waals surface area contributed by atoms with Crippen LogP contribution < -0.4 is 10.5 Å². The van der Waals surface area contributed by atoms with E-state index in [2.05, 4.69) is 5.10 Å². The molecule has 0 unspecified atom stereocenters. The highest BCUT2D eigenvalue weighted by atomic mass is 16.6. The zero-order valence-corrected chi connectivity index (χ0v) is 12.5. The molecule has 0 amide bonds. The SMILES string of the molecule is Cc1cc(C)c(Oc2c(CN)c(C)nn2C)c([N+](=O)[O-])c1. The largest absolute Gasteiger partial charge is 0.431 e. The van der Waals surface area contributed by atoms with Crippen LogP contribution in [0.4, 0.5) is 5.69 Å². The highest BCUT2D eigenvalue weighted by molar-refractivity contribution is 5.55. The Balaban J connectivity index is 2.57. The Morgan fingerprint density at radius 3 is 2.62 bits per heavy atom. The molecular weight excluding hydrogens is 272 g/mol. The van der Waals surface area contributed by atoms with E-state index in [0.717, 1.165) is 16.8 Å². The quantitative estimate of drug-likeness (QED) is 0.689. The molecule has 0 saturated heterocycles. The number of nitrogens with zero attached hydrogens (tertiary/aromatic N) is 3. The van der Waals surface area contributed by atoms with Crippen LogP contribution in [0.3, 0.4) is 0 Å². The van der Waals surface area contributed by atoms with Gasteiger partial charge in [0, 0.05) is 19.7 Å². The second-order valence-electron chi connectivity index (χ2n) is 4.99. The summed E-state index contributed by atoms with van der Waals surface area (Å²) in [5, 5.41) is 15.5. The van der Waals surface area contributed by atoms with Crippen molar-refractivity contribution < 1.29 is 9.66 Å². The van der Waals surface area contributed by atoms with Crippen LogP contribution in [0.2, 0.25) is 0 Å². The summed E-state index contributed by atoms with van der Waals surface area (Å²) in [7, 11) is 1.72. The molecule has 2 N–H and O–H groups in total. The van der Waals surface area contributed by atoms with Gasteiger partial charge in [-0.3, -0.25) is 10.1 Å². The van der Waals surface area contributed by atoms with Gasteiger partial charge in [0.25, 0.3) is 0 Å². The number of nitro benzene ring substituents is 1. The third-order valence-electron chi connectivity index (χ3n) is 3.29. The minimum atomic E-state index is -0.444. The maximum atomic E-state index is 11.2. The molecule has 1 heterocycles. The lowest BCUT2D eigenvalue weighted by Crippen LogP contribution is -2.04. The first-order valence-electron chi connectivity index (χ1n) is 6.51. The maximum Gasteiger partial charge on any atom is 0.312 e. The van der Waals surface area contributed by atoms with E-state index in [1.807, 2.05) is 19.9 Å². The first kappa shape index (κ1) is 15.0. The minimum Gasteiger partial charge on any atom is -0.431 e. The predicted molar refractivity (Wildman–Crippen MR) is 78.5 cm³/mol. The van der Waals surface area contributed by atoms with E-state index in [0.29, 0.717) is 11.4 Å². The fourth-order valence-electron chi connectivity index (χ4n) is 2.34. The second kappa shape index (κ2) is 5.53. The predicted octanol–water partition coefficient (Wildman–Crippen LogP) is 2.50. The normalized spacial score (nSPS) is 10.7. The zero-order chi connectivity index (χ0) is 15.7. The summed E-state index contributed by atoms with van der Waals surface area (Å²) in [6, 6.07) is 3.33. The Kier molecular flexibility index (Phi) is 3.95. The fourth-order valence-corrected chi connectivity index (χ4v) is 2.34. The number of aryl methyl sites for hydroxylation is 4. The summed E-state index contributed by atoms with van der Waals surface area (Å²) < 4.78 is 7.35. The van der Waals surface area contributed by atoms with E-state index in [-0.39, 0.29) is 18.0 Å². The molecule has 1 aromatic heterocycles. The fraction of sp³-hybridized carbons (Fsp3) is 0.357. The van der Waals surface area contributed by atoms with Crippen LogP contribution in [0.25, 0.3) is 0 Å². The number of nitrogens with two attached hydrogens (primary N) is 1. The Bertz CT molecular complexity index is 707. The van der Waals surface area contributed by atoms with Crippen molar-refractivity contribution in [1.82, 2.24) is 9.78 Å². The second-order valence-corrected chi connectivity index (χ2v) is 4.99. The molecule has 112 valence electrons. The smallest absolute Gasteiger partial charge is 0.312 e. The van der Waals surface area contributed by atoms with E-state index >= 15 is 0 Å². The van der Waals surface area contributed by atoms with Crippen molar-refractivity contribution in [2.24, 2.45) is 12.8 Å². The summed E-state index contributed by atoms with van der Waals surface area (Å²) in [6.45, 7) is 5.67. The molecule has 7 nitrogen and oxygen atoms in total. The molecule has 0 saturated carbocycles. The van der Waals surface area contributed by atoms with Gasteiger partial charge in [-0.25, -0.2) is 4.68 Å². The molecule has 21 heavy (non-hydrogen) atoms. The Morgan fingerprint density at radius 1 is 1.38 bits per heavy atom. The number of benzene rings is 1. The van der Waals surface area contributed by atoms with Gasteiger partial charge in [0.2, 0.25) is 11.6 Å². The molecule has 7 heteroatoms. The van der Waals surface area contributed by atoms with Gasteiger partial charge < -0.3 is 10.5 Å². The van der Waals surface area contributed by atoms with Gasteiger partial charge in [0.15, 0.2) is 0 Å². The lowest BCUT2D eigenvalue weighted by Gasteiger charge is -2.11. The summed E-state index contributed by atoms with van der Waals surface area (Å²) in [4.78, 5) is 10.8. The van der Waals surface area contributed by atoms with Crippen LogP contribution in [0.1, 0.15) is 22.4 Å². The van der Waals surface area contributed by atoms with Crippen molar-refractivity contribution >= 4 is 5.69 Å². The number of hydrogen-bond acceptors (Lipinski definition) is 5. The third-order valence-corrected chi connectivity index (χ3v) is 3.29. The number of ether oxygens (including phenoxy) is 1. The summed E-state index contributed by atoms with van der Waals surface area (Å²) in [5.41, 5.74) is 8.65. The first-order valence-corrected chi connectivity index (χ1v) is 6.51. The lowest BCUT2D eigenvalue weighted by molar-refractivity contribution is -0.385. The summed E-state index contributed by atoms with van der Waals surface area (Å²) in [5.74, 6) is 0.661. The number of hydrogen-bond donors (Lipinski definition) is 1. The summed E-state index contributed by atoms with van der Waals surface area (Å²) >= 11 is 0. The highest BCUT2D eigenvalue weighted by Gasteiger charge is 2.22. The van der Waals surface area contributed by atoms with E-state index in [1.54, 1.807) is 18.7 Å². The van der Waals surface area contributed by atoms with Crippen LogP contribution in [0.15, 0.2) is 12.1 Å². The zero-order valence-electron chi connectivity index (χ0n) is 12.5. The highest BCUT2D eigenvalue weighted by Crippen LogP contribution is 2.37. The molecule has 2 aromatic rings. The Hall–Kier alpha value is -2.41. The van der Waals surface area contributed by atoms with Crippen molar-refractivity contribution in [3.05, 3.63) is 44.6 Å². The summed E-state index contributed by atoms with van der Waals surface area (Å²) in [6.07, 6.45) is 0. The number of nitro groups is 1. The topological polar surface area (TPSA) is 96.2 Å². The van der Waals surface area contributed by atoms with Crippen LogP contribution in [-0.4, -0.2) is 14.7 Å². The molecule has 0 radical (unpaired) electrons. The van der Waals surface area contributed by atoms with Crippen molar-refractivity contribution in [3.63, 3.8) is 0 Å². The van der Waals surface area contributed by atoms with Gasteiger partial charge in [-0.1, -0.05) is 6.07 Å². The standard InChI is InChI=1S/C14H18N4O3/c1-8-5-9(2)13(12(6-8)18(19)20)21-14-11(7-15)10(3)16-17(14)4/h5-6H,7,15H2,1-4H3. The van der Waals surface area contributed by atoms with Gasteiger partial charge in [0.1, 0.15) is 0 Å². The molecule has 0 bridgehead atoms. The third kappa shape index (κ3) is 2.73. The molecule has 0 aliphatic heterocycles. The number of aromatic nitrogens is 2.